The van der Waals surface area contributed by atoms with Crippen LogP contribution in [0.25, 0.3) is 0 Å². The van der Waals surface area contributed by atoms with Gasteiger partial charge in [0.25, 0.3) is 0 Å². The third-order valence-electron chi connectivity index (χ3n) is 2.57. The summed E-state index contributed by atoms with van der Waals surface area (Å²) in [7, 11) is 3.75. The van der Waals surface area contributed by atoms with Crippen molar-refractivity contribution in [3.63, 3.8) is 0 Å². The number of hydrazine groups is 1. The number of rotatable bonds is 4. The Morgan fingerprint density at radius 1 is 1.19 bits per heavy atom. The largest absolute Gasteiger partial charge is 0.349 e. The zero-order valence-electron chi connectivity index (χ0n) is 9.78. The standard InChI is InChI=1S/C9H17N7/c1-9(4-5-9)14-6-11-7(15-10)13-8(12-6)16(2)3/h4-5,10H2,1-3H3,(H2,11,12,13,14,15). The van der Waals surface area contributed by atoms with E-state index in [0.717, 1.165) is 12.8 Å². The van der Waals surface area contributed by atoms with Crippen molar-refractivity contribution in [2.75, 3.05) is 29.7 Å². The van der Waals surface area contributed by atoms with E-state index in [1.165, 1.54) is 0 Å². The SMILES string of the molecule is CN(C)c1nc(NN)nc(NC2(C)CC2)n1. The van der Waals surface area contributed by atoms with Gasteiger partial charge in [0, 0.05) is 19.6 Å². The predicted octanol–water partition coefficient (Wildman–Crippen LogP) is 0.188. The molecule has 4 N–H and O–H groups in total. The number of nitrogens with one attached hydrogen (secondary N) is 2. The summed E-state index contributed by atoms with van der Waals surface area (Å²) in [6.07, 6.45) is 2.28. The predicted molar refractivity (Wildman–Crippen MR) is 63.2 cm³/mol. The summed E-state index contributed by atoms with van der Waals surface area (Å²) in [6.45, 7) is 2.14. The summed E-state index contributed by atoms with van der Waals surface area (Å²) in [5, 5.41) is 3.28. The van der Waals surface area contributed by atoms with Crippen LogP contribution in [0.4, 0.5) is 17.8 Å². The molecule has 1 fully saturated rings. The van der Waals surface area contributed by atoms with E-state index in [4.69, 9.17) is 5.84 Å². The molecular formula is C9H17N7. The molecule has 0 bridgehead atoms. The van der Waals surface area contributed by atoms with Gasteiger partial charge in [-0.3, -0.25) is 5.43 Å². The average Bonchev–Trinajstić information content (AvgIpc) is 2.95. The second kappa shape index (κ2) is 3.75. The van der Waals surface area contributed by atoms with Crippen LogP contribution in [0.3, 0.4) is 0 Å². The molecule has 2 rings (SSSR count). The fourth-order valence-electron chi connectivity index (χ4n) is 1.27. The van der Waals surface area contributed by atoms with Crippen molar-refractivity contribution in [3.8, 4) is 0 Å². The quantitative estimate of drug-likeness (QED) is 0.495. The number of nitrogens with two attached hydrogens (primary N) is 1. The van der Waals surface area contributed by atoms with Crippen LogP contribution in [0.2, 0.25) is 0 Å². The first kappa shape index (κ1) is 10.9. The van der Waals surface area contributed by atoms with Gasteiger partial charge in [-0.2, -0.15) is 15.0 Å². The Bertz CT molecular complexity index is 385. The maximum atomic E-state index is 5.32. The van der Waals surface area contributed by atoms with E-state index in [1.807, 2.05) is 19.0 Å². The minimum atomic E-state index is 0.136. The molecule has 1 aliphatic rings. The number of hydrogen-bond donors (Lipinski definition) is 3. The Hall–Kier alpha value is -1.63. The van der Waals surface area contributed by atoms with Crippen LogP contribution in [-0.4, -0.2) is 34.6 Å². The molecule has 0 spiro atoms. The lowest BCUT2D eigenvalue weighted by Crippen LogP contribution is -2.22. The van der Waals surface area contributed by atoms with Gasteiger partial charge in [0.1, 0.15) is 0 Å². The van der Waals surface area contributed by atoms with Gasteiger partial charge >= 0.3 is 0 Å². The van der Waals surface area contributed by atoms with Gasteiger partial charge in [-0.05, 0) is 19.8 Å². The van der Waals surface area contributed by atoms with Gasteiger partial charge in [-0.15, -0.1) is 0 Å². The second-order valence-electron chi connectivity index (χ2n) is 4.51. The fraction of sp³-hybridized carbons (Fsp3) is 0.667. The van der Waals surface area contributed by atoms with Crippen molar-refractivity contribution >= 4 is 17.8 Å². The maximum Gasteiger partial charge on any atom is 0.243 e. The third kappa shape index (κ3) is 2.30. The fourth-order valence-corrected chi connectivity index (χ4v) is 1.27. The second-order valence-corrected chi connectivity index (χ2v) is 4.51. The Balaban J connectivity index is 2.25. The first-order valence-corrected chi connectivity index (χ1v) is 5.21. The van der Waals surface area contributed by atoms with E-state index in [0.29, 0.717) is 17.8 Å². The van der Waals surface area contributed by atoms with Gasteiger partial charge in [-0.25, -0.2) is 5.84 Å². The highest BCUT2D eigenvalue weighted by atomic mass is 15.4. The smallest absolute Gasteiger partial charge is 0.243 e. The topological polar surface area (TPSA) is 92.0 Å². The molecule has 0 aliphatic heterocycles. The summed E-state index contributed by atoms with van der Waals surface area (Å²) in [5.41, 5.74) is 2.58. The molecule has 1 saturated carbocycles. The van der Waals surface area contributed by atoms with Gasteiger partial charge in [-0.1, -0.05) is 0 Å². The van der Waals surface area contributed by atoms with Crippen LogP contribution in [0.5, 0.6) is 0 Å². The van der Waals surface area contributed by atoms with Crippen LogP contribution < -0.4 is 21.5 Å². The van der Waals surface area contributed by atoms with Crippen molar-refractivity contribution in [3.05, 3.63) is 0 Å². The molecule has 0 atom stereocenters. The first-order valence-electron chi connectivity index (χ1n) is 5.21. The average molecular weight is 223 g/mol. The monoisotopic (exact) mass is 223 g/mol. The summed E-state index contributed by atoms with van der Waals surface area (Å²) < 4.78 is 0. The van der Waals surface area contributed by atoms with Crippen molar-refractivity contribution in [1.29, 1.82) is 0 Å². The number of nitrogens with zero attached hydrogens (tertiary/aromatic N) is 4. The van der Waals surface area contributed by atoms with Crippen molar-refractivity contribution in [1.82, 2.24) is 15.0 Å². The highest BCUT2D eigenvalue weighted by Crippen LogP contribution is 2.37. The van der Waals surface area contributed by atoms with Crippen LogP contribution in [0, 0.1) is 0 Å². The summed E-state index contributed by atoms with van der Waals surface area (Å²) in [6, 6.07) is 0. The van der Waals surface area contributed by atoms with Crippen LogP contribution in [0.1, 0.15) is 19.8 Å². The Morgan fingerprint density at radius 2 is 1.81 bits per heavy atom. The van der Waals surface area contributed by atoms with E-state index < -0.39 is 0 Å². The Morgan fingerprint density at radius 3 is 2.31 bits per heavy atom. The molecule has 16 heavy (non-hydrogen) atoms. The van der Waals surface area contributed by atoms with Crippen LogP contribution >= 0.6 is 0 Å². The normalized spacial score (nSPS) is 16.8. The molecule has 0 amide bonds. The summed E-state index contributed by atoms with van der Waals surface area (Å²) in [4.78, 5) is 14.4. The third-order valence-corrected chi connectivity index (χ3v) is 2.57. The van der Waals surface area contributed by atoms with Crippen molar-refractivity contribution in [2.45, 2.75) is 25.3 Å². The molecule has 88 valence electrons. The van der Waals surface area contributed by atoms with E-state index in [9.17, 15) is 0 Å². The van der Waals surface area contributed by atoms with Gasteiger partial charge in [0.05, 0.1) is 0 Å². The van der Waals surface area contributed by atoms with E-state index in [1.54, 1.807) is 0 Å². The maximum absolute atomic E-state index is 5.32. The van der Waals surface area contributed by atoms with Crippen LogP contribution in [0.15, 0.2) is 0 Å². The lowest BCUT2D eigenvalue weighted by atomic mass is 10.3. The summed E-state index contributed by atoms with van der Waals surface area (Å²) in [5.74, 6) is 6.82. The summed E-state index contributed by atoms with van der Waals surface area (Å²) >= 11 is 0. The molecule has 0 radical (unpaired) electrons. The number of aromatic nitrogens is 3. The highest BCUT2D eigenvalue weighted by Gasteiger charge is 2.38. The highest BCUT2D eigenvalue weighted by molar-refractivity contribution is 5.44. The van der Waals surface area contributed by atoms with Gasteiger partial charge in [0.2, 0.25) is 17.8 Å². The Labute approximate surface area is 94.4 Å². The molecule has 7 heteroatoms. The molecule has 1 aromatic rings. The lowest BCUT2D eigenvalue weighted by molar-refractivity contribution is 0.802. The van der Waals surface area contributed by atoms with Gasteiger partial charge in [0.15, 0.2) is 0 Å². The molecule has 1 aliphatic carbocycles. The van der Waals surface area contributed by atoms with Crippen molar-refractivity contribution in [2.24, 2.45) is 5.84 Å². The minimum absolute atomic E-state index is 0.136. The number of hydrogen-bond acceptors (Lipinski definition) is 7. The molecule has 0 saturated heterocycles. The molecular weight excluding hydrogens is 206 g/mol. The van der Waals surface area contributed by atoms with Crippen molar-refractivity contribution < 1.29 is 0 Å². The number of nitrogen functional groups attached to an aromatic ring is 1. The molecule has 1 heterocycles. The molecule has 7 nitrogen and oxygen atoms in total. The Kier molecular flexibility index (Phi) is 2.55. The van der Waals surface area contributed by atoms with E-state index in [-0.39, 0.29) is 5.54 Å². The van der Waals surface area contributed by atoms with E-state index in [2.05, 4.69) is 32.6 Å². The van der Waals surface area contributed by atoms with Gasteiger partial charge < -0.3 is 10.2 Å². The number of anilines is 3. The van der Waals surface area contributed by atoms with E-state index >= 15 is 0 Å². The molecule has 0 aromatic carbocycles. The lowest BCUT2D eigenvalue weighted by Gasteiger charge is -2.15. The zero-order chi connectivity index (χ0) is 11.8. The molecule has 0 unspecified atom stereocenters. The zero-order valence-corrected chi connectivity index (χ0v) is 9.78. The van der Waals surface area contributed by atoms with Crippen LogP contribution in [-0.2, 0) is 0 Å². The first-order chi connectivity index (χ1) is 7.52. The molecule has 1 aromatic heterocycles. The minimum Gasteiger partial charge on any atom is -0.349 e.